The third kappa shape index (κ3) is 3.01. The molecule has 1 aromatic heterocycles. The summed E-state index contributed by atoms with van der Waals surface area (Å²) in [6.45, 7) is 7.20. The zero-order valence-corrected chi connectivity index (χ0v) is 12.2. The molecule has 0 aliphatic heterocycles. The fourth-order valence-electron chi connectivity index (χ4n) is 2.42. The normalized spacial score (nSPS) is 12.7. The van der Waals surface area contributed by atoms with Crippen LogP contribution in [-0.2, 0) is 6.42 Å². The van der Waals surface area contributed by atoms with E-state index in [1.165, 1.54) is 27.1 Å². The van der Waals surface area contributed by atoms with Crippen molar-refractivity contribution in [3.63, 3.8) is 0 Å². The Bertz CT molecular complexity index is 507. The molecule has 0 amide bonds. The number of thiophene rings is 1. The first kappa shape index (κ1) is 13.3. The summed E-state index contributed by atoms with van der Waals surface area (Å²) in [6, 6.07) is 8.95. The van der Waals surface area contributed by atoms with Crippen molar-refractivity contribution >= 4 is 11.3 Å². The Hall–Kier alpha value is -1.12. The van der Waals surface area contributed by atoms with Gasteiger partial charge in [-0.05, 0) is 56.3 Å². The van der Waals surface area contributed by atoms with Gasteiger partial charge in [-0.1, -0.05) is 29.3 Å². The van der Waals surface area contributed by atoms with Gasteiger partial charge in [0, 0.05) is 10.8 Å². The van der Waals surface area contributed by atoms with Crippen molar-refractivity contribution in [2.75, 3.05) is 6.54 Å². The average molecular weight is 259 g/mol. The number of aryl methyl sites for hydroxylation is 3. The highest BCUT2D eigenvalue weighted by Gasteiger charge is 2.13. The SMILES string of the molecule is Cc1cc(C)cc(C(CN)Cc2sccc2C)c1. The minimum atomic E-state index is 0.431. The van der Waals surface area contributed by atoms with Gasteiger partial charge >= 0.3 is 0 Å². The van der Waals surface area contributed by atoms with Crippen LogP contribution in [0.15, 0.2) is 29.6 Å². The van der Waals surface area contributed by atoms with Gasteiger partial charge in [0.05, 0.1) is 0 Å². The third-order valence-corrected chi connectivity index (χ3v) is 4.45. The molecule has 1 heterocycles. The van der Waals surface area contributed by atoms with Crippen LogP contribution in [0.2, 0.25) is 0 Å². The van der Waals surface area contributed by atoms with Gasteiger partial charge in [0.25, 0.3) is 0 Å². The Morgan fingerprint density at radius 1 is 1.11 bits per heavy atom. The molecular formula is C16H21NS. The summed E-state index contributed by atoms with van der Waals surface area (Å²) in [5.41, 5.74) is 11.4. The highest BCUT2D eigenvalue weighted by molar-refractivity contribution is 7.10. The van der Waals surface area contributed by atoms with Gasteiger partial charge in [0.1, 0.15) is 0 Å². The molecule has 0 saturated carbocycles. The van der Waals surface area contributed by atoms with E-state index in [9.17, 15) is 0 Å². The minimum Gasteiger partial charge on any atom is -0.330 e. The van der Waals surface area contributed by atoms with Crippen molar-refractivity contribution in [1.82, 2.24) is 0 Å². The Kier molecular flexibility index (Phi) is 4.20. The van der Waals surface area contributed by atoms with Crippen LogP contribution in [0.25, 0.3) is 0 Å². The molecule has 0 saturated heterocycles. The summed E-state index contributed by atoms with van der Waals surface area (Å²) in [4.78, 5) is 1.46. The van der Waals surface area contributed by atoms with Crippen molar-refractivity contribution < 1.29 is 0 Å². The summed E-state index contributed by atoms with van der Waals surface area (Å²) in [6.07, 6.45) is 1.06. The minimum absolute atomic E-state index is 0.431. The van der Waals surface area contributed by atoms with Crippen LogP contribution in [0.4, 0.5) is 0 Å². The molecule has 2 rings (SSSR count). The van der Waals surface area contributed by atoms with E-state index in [-0.39, 0.29) is 0 Å². The predicted molar refractivity (Wildman–Crippen MR) is 80.5 cm³/mol. The lowest BCUT2D eigenvalue weighted by atomic mass is 9.92. The summed E-state index contributed by atoms with van der Waals surface area (Å²) in [5.74, 6) is 0.431. The molecule has 2 heteroatoms. The van der Waals surface area contributed by atoms with E-state index in [4.69, 9.17) is 5.73 Å². The molecule has 96 valence electrons. The van der Waals surface area contributed by atoms with Crippen molar-refractivity contribution in [3.8, 4) is 0 Å². The monoisotopic (exact) mass is 259 g/mol. The summed E-state index contributed by atoms with van der Waals surface area (Å²) >= 11 is 1.84. The van der Waals surface area contributed by atoms with Crippen LogP contribution in [-0.4, -0.2) is 6.54 Å². The number of benzene rings is 1. The molecule has 0 fully saturated rings. The molecule has 0 spiro atoms. The first-order valence-corrected chi connectivity index (χ1v) is 7.29. The van der Waals surface area contributed by atoms with Gasteiger partial charge in [0.15, 0.2) is 0 Å². The van der Waals surface area contributed by atoms with Gasteiger partial charge in [-0.3, -0.25) is 0 Å². The molecule has 0 bridgehead atoms. The Labute approximate surface area is 114 Å². The van der Waals surface area contributed by atoms with Crippen LogP contribution in [0, 0.1) is 20.8 Å². The van der Waals surface area contributed by atoms with Gasteiger partial charge < -0.3 is 5.73 Å². The molecule has 1 atom stereocenters. The second kappa shape index (κ2) is 5.68. The molecule has 0 aliphatic rings. The Morgan fingerprint density at radius 3 is 2.28 bits per heavy atom. The molecule has 1 unspecified atom stereocenters. The van der Waals surface area contributed by atoms with Crippen LogP contribution in [0.1, 0.15) is 33.0 Å². The van der Waals surface area contributed by atoms with E-state index in [0.29, 0.717) is 12.5 Å². The fourth-order valence-corrected chi connectivity index (χ4v) is 3.41. The van der Waals surface area contributed by atoms with Crippen LogP contribution >= 0.6 is 11.3 Å². The third-order valence-electron chi connectivity index (χ3n) is 3.40. The zero-order valence-electron chi connectivity index (χ0n) is 11.4. The highest BCUT2D eigenvalue weighted by Crippen LogP contribution is 2.26. The Morgan fingerprint density at radius 2 is 1.78 bits per heavy atom. The molecule has 2 N–H and O–H groups in total. The molecule has 1 aromatic carbocycles. The number of hydrogen-bond acceptors (Lipinski definition) is 2. The standard InChI is InChI=1S/C16H21NS/c1-11-6-12(2)8-14(7-11)15(10-17)9-16-13(3)4-5-18-16/h4-8,15H,9-10,17H2,1-3H3. The lowest BCUT2D eigenvalue weighted by Crippen LogP contribution is -2.15. The number of nitrogens with two attached hydrogens (primary N) is 1. The first-order valence-electron chi connectivity index (χ1n) is 6.41. The van der Waals surface area contributed by atoms with Gasteiger partial charge in [0.2, 0.25) is 0 Å². The van der Waals surface area contributed by atoms with Gasteiger partial charge in [-0.15, -0.1) is 11.3 Å². The van der Waals surface area contributed by atoms with Crippen molar-refractivity contribution in [2.24, 2.45) is 5.73 Å². The molecule has 2 aromatic rings. The Balaban J connectivity index is 2.25. The maximum Gasteiger partial charge on any atom is 0.00809 e. The first-order chi connectivity index (χ1) is 8.60. The van der Waals surface area contributed by atoms with Crippen LogP contribution < -0.4 is 5.73 Å². The van der Waals surface area contributed by atoms with E-state index in [1.807, 2.05) is 11.3 Å². The number of rotatable bonds is 4. The topological polar surface area (TPSA) is 26.0 Å². The number of hydrogen-bond donors (Lipinski definition) is 1. The quantitative estimate of drug-likeness (QED) is 0.883. The largest absolute Gasteiger partial charge is 0.330 e. The van der Waals surface area contributed by atoms with Crippen molar-refractivity contribution in [2.45, 2.75) is 33.1 Å². The van der Waals surface area contributed by atoms with Crippen LogP contribution in [0.3, 0.4) is 0 Å². The van der Waals surface area contributed by atoms with E-state index in [0.717, 1.165) is 6.42 Å². The van der Waals surface area contributed by atoms with Gasteiger partial charge in [-0.25, -0.2) is 0 Å². The molecule has 1 nitrogen and oxygen atoms in total. The predicted octanol–water partition coefficient (Wildman–Crippen LogP) is 3.96. The van der Waals surface area contributed by atoms with E-state index in [1.54, 1.807) is 0 Å². The maximum atomic E-state index is 5.98. The van der Waals surface area contributed by atoms with Crippen LogP contribution in [0.5, 0.6) is 0 Å². The lowest BCUT2D eigenvalue weighted by molar-refractivity contribution is 0.698. The summed E-state index contributed by atoms with van der Waals surface area (Å²) in [5, 5.41) is 2.17. The fraction of sp³-hybridized carbons (Fsp3) is 0.375. The van der Waals surface area contributed by atoms with Gasteiger partial charge in [-0.2, -0.15) is 0 Å². The second-order valence-corrected chi connectivity index (χ2v) is 6.09. The maximum absolute atomic E-state index is 5.98. The second-order valence-electron chi connectivity index (χ2n) is 5.08. The summed E-state index contributed by atoms with van der Waals surface area (Å²) in [7, 11) is 0. The van der Waals surface area contributed by atoms with E-state index >= 15 is 0 Å². The zero-order chi connectivity index (χ0) is 13.1. The van der Waals surface area contributed by atoms with E-state index < -0.39 is 0 Å². The molecule has 0 radical (unpaired) electrons. The molecule has 18 heavy (non-hydrogen) atoms. The summed E-state index contributed by atoms with van der Waals surface area (Å²) < 4.78 is 0. The van der Waals surface area contributed by atoms with Crippen molar-refractivity contribution in [3.05, 3.63) is 56.8 Å². The molecular weight excluding hydrogens is 238 g/mol. The molecule has 0 aliphatic carbocycles. The van der Waals surface area contributed by atoms with E-state index in [2.05, 4.69) is 50.4 Å². The van der Waals surface area contributed by atoms with Crippen molar-refractivity contribution in [1.29, 1.82) is 0 Å². The lowest BCUT2D eigenvalue weighted by Gasteiger charge is -2.16. The average Bonchev–Trinajstić information content (AvgIpc) is 2.70. The smallest absolute Gasteiger partial charge is 0.00809 e. The highest BCUT2D eigenvalue weighted by atomic mass is 32.1.